The molecule has 2 aliphatic rings. The molecule has 1 spiro atoms. The summed E-state index contributed by atoms with van der Waals surface area (Å²) in [6, 6.07) is 17.1. The molecule has 2 aliphatic heterocycles. The van der Waals surface area contributed by atoms with Gasteiger partial charge in [-0.2, -0.15) is 14.9 Å². The summed E-state index contributed by atoms with van der Waals surface area (Å²) in [5.74, 6) is 0.608. The van der Waals surface area contributed by atoms with E-state index < -0.39 is 0 Å². The fraction of sp³-hybridized carbons (Fsp3) is 0.310. The number of aryl methyl sites for hydroxylation is 2. The third-order valence-corrected chi connectivity index (χ3v) is 7.82. The van der Waals surface area contributed by atoms with Crippen molar-refractivity contribution >= 4 is 11.7 Å². The van der Waals surface area contributed by atoms with Crippen molar-refractivity contribution in [3.05, 3.63) is 82.4 Å². The fourth-order valence-corrected chi connectivity index (χ4v) is 5.58. The Morgan fingerprint density at radius 2 is 1.66 bits per heavy atom. The number of rotatable bonds is 3. The SMILES string of the molecule is CC(=O)N1CCC2(CC1)CCn1nc(-c3ccc(F)cc3)c(-c3ccc(=O)n(-c4ccccc4C)n3)c1N2. The number of likely N-dealkylation sites (tertiary alicyclic amines) is 1. The summed E-state index contributed by atoms with van der Waals surface area (Å²) < 4.78 is 17.2. The van der Waals surface area contributed by atoms with Crippen LogP contribution in [0.5, 0.6) is 0 Å². The van der Waals surface area contributed by atoms with Gasteiger partial charge in [0, 0.05) is 43.7 Å². The molecule has 1 N–H and O–H groups in total. The summed E-state index contributed by atoms with van der Waals surface area (Å²) in [6.45, 7) is 5.66. The molecule has 1 fully saturated rings. The Balaban J connectivity index is 1.49. The summed E-state index contributed by atoms with van der Waals surface area (Å²) in [5.41, 5.74) is 4.06. The molecule has 2 aromatic carbocycles. The predicted molar refractivity (Wildman–Crippen MR) is 144 cm³/mol. The Labute approximate surface area is 219 Å². The van der Waals surface area contributed by atoms with Crippen LogP contribution in [0.25, 0.3) is 28.2 Å². The summed E-state index contributed by atoms with van der Waals surface area (Å²) in [7, 11) is 0. The molecule has 0 radical (unpaired) electrons. The van der Waals surface area contributed by atoms with E-state index in [2.05, 4.69) is 5.32 Å². The molecule has 0 atom stereocenters. The highest BCUT2D eigenvalue weighted by Crippen LogP contribution is 2.43. The van der Waals surface area contributed by atoms with Gasteiger partial charge in [0.2, 0.25) is 5.91 Å². The normalized spacial score (nSPS) is 16.2. The summed E-state index contributed by atoms with van der Waals surface area (Å²) >= 11 is 0. The van der Waals surface area contributed by atoms with Gasteiger partial charge < -0.3 is 10.2 Å². The monoisotopic (exact) mass is 512 g/mol. The Kier molecular flexibility index (Phi) is 5.86. The molecule has 1 amide bonds. The smallest absolute Gasteiger partial charge is 0.271 e. The van der Waals surface area contributed by atoms with Gasteiger partial charge in [-0.3, -0.25) is 9.59 Å². The average molecular weight is 513 g/mol. The molecular formula is C29H29FN6O2. The van der Waals surface area contributed by atoms with Crippen LogP contribution in [0.15, 0.2) is 65.5 Å². The predicted octanol–water partition coefficient (Wildman–Crippen LogP) is 4.41. The maximum Gasteiger partial charge on any atom is 0.271 e. The van der Waals surface area contributed by atoms with Gasteiger partial charge in [0.05, 0.1) is 16.9 Å². The average Bonchev–Trinajstić information content (AvgIpc) is 3.28. The van der Waals surface area contributed by atoms with Crippen molar-refractivity contribution in [3.8, 4) is 28.2 Å². The lowest BCUT2D eigenvalue weighted by Gasteiger charge is -2.45. The van der Waals surface area contributed by atoms with Crippen molar-refractivity contribution in [3.63, 3.8) is 0 Å². The van der Waals surface area contributed by atoms with E-state index in [9.17, 15) is 14.0 Å². The zero-order valence-electron chi connectivity index (χ0n) is 21.4. The van der Waals surface area contributed by atoms with Crippen LogP contribution in [0.2, 0.25) is 0 Å². The highest BCUT2D eigenvalue weighted by molar-refractivity contribution is 5.88. The van der Waals surface area contributed by atoms with Crippen molar-refractivity contribution < 1.29 is 9.18 Å². The number of amides is 1. The van der Waals surface area contributed by atoms with Crippen LogP contribution in [0.3, 0.4) is 0 Å². The molecule has 1 saturated heterocycles. The van der Waals surface area contributed by atoms with Crippen LogP contribution >= 0.6 is 0 Å². The number of carbonyl (C=O) groups excluding carboxylic acids is 1. The van der Waals surface area contributed by atoms with E-state index in [4.69, 9.17) is 10.2 Å². The number of hydrogen-bond acceptors (Lipinski definition) is 5. The van der Waals surface area contributed by atoms with E-state index in [-0.39, 0.29) is 22.8 Å². The number of aromatic nitrogens is 4. The molecule has 0 bridgehead atoms. The highest BCUT2D eigenvalue weighted by atomic mass is 19.1. The second-order valence-electron chi connectivity index (χ2n) is 10.2. The van der Waals surface area contributed by atoms with E-state index in [1.165, 1.54) is 22.9 Å². The lowest BCUT2D eigenvalue weighted by Crippen LogP contribution is -2.52. The zero-order chi connectivity index (χ0) is 26.4. The van der Waals surface area contributed by atoms with Gasteiger partial charge in [-0.1, -0.05) is 18.2 Å². The highest BCUT2D eigenvalue weighted by Gasteiger charge is 2.40. The van der Waals surface area contributed by atoms with Gasteiger partial charge in [-0.25, -0.2) is 9.07 Å². The molecule has 2 aromatic heterocycles. The van der Waals surface area contributed by atoms with Gasteiger partial charge >= 0.3 is 0 Å². The van der Waals surface area contributed by atoms with Gasteiger partial charge in [0.25, 0.3) is 5.56 Å². The lowest BCUT2D eigenvalue weighted by molar-refractivity contribution is -0.130. The molecule has 9 heteroatoms. The minimum atomic E-state index is -0.320. The van der Waals surface area contributed by atoms with Gasteiger partial charge in [-0.05, 0) is 68.1 Å². The minimum Gasteiger partial charge on any atom is -0.364 e. The van der Waals surface area contributed by atoms with Crippen LogP contribution in [-0.2, 0) is 11.3 Å². The number of hydrogen-bond donors (Lipinski definition) is 1. The van der Waals surface area contributed by atoms with E-state index in [0.29, 0.717) is 36.7 Å². The molecule has 0 saturated carbocycles. The van der Waals surface area contributed by atoms with Crippen LogP contribution < -0.4 is 10.9 Å². The summed E-state index contributed by atoms with van der Waals surface area (Å²) in [4.78, 5) is 26.7. The fourth-order valence-electron chi connectivity index (χ4n) is 5.58. The molecule has 4 heterocycles. The van der Waals surface area contributed by atoms with Crippen LogP contribution in [0.4, 0.5) is 10.2 Å². The first-order valence-electron chi connectivity index (χ1n) is 12.9. The largest absolute Gasteiger partial charge is 0.364 e. The third-order valence-electron chi connectivity index (χ3n) is 7.82. The first-order chi connectivity index (χ1) is 18.3. The van der Waals surface area contributed by atoms with E-state index in [1.54, 1.807) is 25.1 Å². The lowest BCUT2D eigenvalue weighted by atomic mass is 9.83. The van der Waals surface area contributed by atoms with Crippen molar-refractivity contribution in [2.24, 2.45) is 0 Å². The maximum absolute atomic E-state index is 13.8. The number of carbonyl (C=O) groups is 1. The van der Waals surface area contributed by atoms with E-state index in [1.807, 2.05) is 40.8 Å². The van der Waals surface area contributed by atoms with Crippen LogP contribution in [0, 0.1) is 12.7 Å². The molecule has 0 unspecified atom stereocenters. The number of fused-ring (bicyclic) bond motifs is 1. The molecular weight excluding hydrogens is 483 g/mol. The van der Waals surface area contributed by atoms with Gasteiger partial charge in [-0.15, -0.1) is 0 Å². The van der Waals surface area contributed by atoms with Crippen LogP contribution in [-0.4, -0.2) is 49.0 Å². The number of anilines is 1. The number of para-hydroxylation sites is 1. The standard InChI is InChI=1S/C29H29FN6O2/c1-19-5-3-4-6-24(19)36-25(38)12-11-23(32-36)26-27(21-7-9-22(30)10-8-21)33-35-18-15-29(31-28(26)35)13-16-34(17-14-29)20(2)37/h3-12,31H,13-18H2,1-2H3. The minimum absolute atomic E-state index is 0.0997. The second kappa shape index (κ2) is 9.24. The number of nitrogens with zero attached hydrogens (tertiary/aromatic N) is 5. The molecule has 38 heavy (non-hydrogen) atoms. The quantitative estimate of drug-likeness (QED) is 0.440. The van der Waals surface area contributed by atoms with Crippen LogP contribution in [0.1, 0.15) is 31.7 Å². The zero-order valence-corrected chi connectivity index (χ0v) is 21.4. The Morgan fingerprint density at radius 1 is 0.947 bits per heavy atom. The summed E-state index contributed by atoms with van der Waals surface area (Å²) in [5, 5.41) is 13.5. The second-order valence-corrected chi connectivity index (χ2v) is 10.2. The van der Waals surface area contributed by atoms with Gasteiger partial charge in [0.15, 0.2) is 0 Å². The Hall–Kier alpha value is -4.27. The Morgan fingerprint density at radius 3 is 2.37 bits per heavy atom. The molecule has 8 nitrogen and oxygen atoms in total. The van der Waals surface area contributed by atoms with Gasteiger partial charge in [0.1, 0.15) is 17.3 Å². The number of benzene rings is 2. The number of nitrogens with one attached hydrogen (secondary N) is 1. The number of piperidine rings is 1. The molecule has 6 rings (SSSR count). The molecule has 0 aliphatic carbocycles. The van der Waals surface area contributed by atoms with E-state index >= 15 is 0 Å². The topological polar surface area (TPSA) is 85.1 Å². The van der Waals surface area contributed by atoms with Crippen molar-refractivity contribution in [2.75, 3.05) is 18.4 Å². The van der Waals surface area contributed by atoms with E-state index in [0.717, 1.165) is 41.8 Å². The van der Waals surface area contributed by atoms with Crippen molar-refractivity contribution in [1.82, 2.24) is 24.5 Å². The maximum atomic E-state index is 13.8. The van der Waals surface area contributed by atoms with Crippen molar-refractivity contribution in [2.45, 2.75) is 45.2 Å². The first-order valence-corrected chi connectivity index (χ1v) is 12.9. The van der Waals surface area contributed by atoms with Crippen molar-refractivity contribution in [1.29, 1.82) is 0 Å². The molecule has 4 aromatic rings. The number of halogens is 1. The molecule has 194 valence electrons. The third kappa shape index (κ3) is 4.17. The first kappa shape index (κ1) is 24.1. The Bertz CT molecular complexity index is 1580. The summed E-state index contributed by atoms with van der Waals surface area (Å²) in [6.07, 6.45) is 2.55.